The molecule has 14 heteroatoms. The summed E-state index contributed by atoms with van der Waals surface area (Å²) >= 11 is 0. The predicted octanol–water partition coefficient (Wildman–Crippen LogP) is 5.04. The van der Waals surface area contributed by atoms with Crippen LogP contribution in [0.4, 0.5) is 23.4 Å². The molecular formula is C32H33F4N9O. The summed E-state index contributed by atoms with van der Waals surface area (Å²) in [4.78, 5) is 18.9. The average Bonchev–Trinajstić information content (AvgIpc) is 3.83. The summed E-state index contributed by atoms with van der Waals surface area (Å²) in [6.45, 7) is 4.55. The Morgan fingerprint density at radius 2 is 1.96 bits per heavy atom. The number of aromatic nitrogens is 6. The highest BCUT2D eigenvalue weighted by Gasteiger charge is 2.49. The molecular weight excluding hydrogens is 602 g/mol. The molecule has 8 heterocycles. The number of halogens is 4. The molecule has 1 aromatic carbocycles. The van der Waals surface area contributed by atoms with E-state index in [0.717, 1.165) is 45.3 Å². The van der Waals surface area contributed by atoms with Crippen molar-refractivity contribution in [1.82, 2.24) is 39.8 Å². The summed E-state index contributed by atoms with van der Waals surface area (Å²) in [6, 6.07) is 3.70. The Labute approximate surface area is 261 Å². The zero-order chi connectivity index (χ0) is 31.4. The van der Waals surface area contributed by atoms with Gasteiger partial charge in [-0.3, -0.25) is 14.4 Å². The molecule has 4 aromatic heterocycles. The zero-order valence-corrected chi connectivity index (χ0v) is 25.2. The Bertz CT molecular complexity index is 1990. The van der Waals surface area contributed by atoms with Crippen LogP contribution < -0.4 is 15.0 Å². The number of ether oxygens (including phenoxy) is 1. The van der Waals surface area contributed by atoms with Crippen molar-refractivity contribution in [2.45, 2.75) is 69.0 Å². The molecule has 4 atom stereocenters. The summed E-state index contributed by atoms with van der Waals surface area (Å²) in [7, 11) is 0. The van der Waals surface area contributed by atoms with E-state index in [9.17, 15) is 17.6 Å². The molecule has 46 heavy (non-hydrogen) atoms. The number of hydrogen-bond acceptors (Lipinski definition) is 8. The second-order valence-electron chi connectivity index (χ2n) is 13.3. The fourth-order valence-corrected chi connectivity index (χ4v) is 8.73. The Morgan fingerprint density at radius 3 is 2.76 bits per heavy atom. The minimum atomic E-state index is -4.63. The molecule has 2 bridgehead atoms. The first kappa shape index (κ1) is 28.2. The van der Waals surface area contributed by atoms with Gasteiger partial charge >= 0.3 is 12.2 Å². The van der Waals surface area contributed by atoms with E-state index in [1.165, 1.54) is 19.2 Å². The monoisotopic (exact) mass is 635 g/mol. The van der Waals surface area contributed by atoms with Crippen molar-refractivity contribution in [1.29, 1.82) is 0 Å². The Kier molecular flexibility index (Phi) is 6.12. The number of piperazine rings is 1. The third-order valence-corrected chi connectivity index (χ3v) is 10.6. The van der Waals surface area contributed by atoms with Crippen LogP contribution in [0.25, 0.3) is 38.7 Å². The normalized spacial score (nSPS) is 26.6. The summed E-state index contributed by atoms with van der Waals surface area (Å²) < 4.78 is 67.0. The molecule has 4 aliphatic rings. The van der Waals surface area contributed by atoms with Crippen LogP contribution in [0.3, 0.4) is 0 Å². The highest BCUT2D eigenvalue weighted by atomic mass is 19.4. The fourth-order valence-electron chi connectivity index (χ4n) is 8.73. The van der Waals surface area contributed by atoms with Crippen LogP contribution in [0.5, 0.6) is 6.01 Å². The minimum Gasteiger partial charge on any atom is -0.461 e. The topological polar surface area (TPSA) is 99.5 Å². The third kappa shape index (κ3) is 4.15. The molecule has 240 valence electrons. The highest BCUT2D eigenvalue weighted by molar-refractivity contribution is 6.04. The summed E-state index contributed by atoms with van der Waals surface area (Å²) in [5.74, 6) is 0.674. The second kappa shape index (κ2) is 9.98. The SMILES string of the molecule is Cc1cc2[nH]ncc2c(-c2cc3nc(OC[C@@]45CCCN4C[C@H](F)C5)nc(N4[C@@H]5CC[C@H]4CNC5)c3n3ccnc23)c1C(F)(F)F. The fraction of sp³-hybridized carbons (Fsp3) is 0.500. The smallest absolute Gasteiger partial charge is 0.417 e. The number of anilines is 1. The minimum absolute atomic E-state index is 0.000322. The van der Waals surface area contributed by atoms with Crippen molar-refractivity contribution in [3.05, 3.63) is 41.9 Å². The lowest BCUT2D eigenvalue weighted by Crippen LogP contribution is -2.52. The second-order valence-corrected chi connectivity index (χ2v) is 13.3. The molecule has 9 rings (SSSR count). The van der Waals surface area contributed by atoms with Crippen molar-refractivity contribution in [2.75, 3.05) is 37.7 Å². The lowest BCUT2D eigenvalue weighted by atomic mass is 9.92. The molecule has 4 aliphatic heterocycles. The van der Waals surface area contributed by atoms with Crippen LogP contribution >= 0.6 is 0 Å². The lowest BCUT2D eigenvalue weighted by Gasteiger charge is -2.37. The number of hydrogen-bond donors (Lipinski definition) is 2. The number of nitrogens with one attached hydrogen (secondary N) is 2. The van der Waals surface area contributed by atoms with E-state index in [2.05, 4.69) is 30.3 Å². The number of H-pyrrole nitrogens is 1. The van der Waals surface area contributed by atoms with E-state index in [1.54, 1.807) is 18.5 Å². The van der Waals surface area contributed by atoms with Gasteiger partial charge in [-0.15, -0.1) is 0 Å². The van der Waals surface area contributed by atoms with Gasteiger partial charge in [0.1, 0.15) is 23.9 Å². The van der Waals surface area contributed by atoms with Crippen LogP contribution in [-0.4, -0.2) is 91.0 Å². The largest absolute Gasteiger partial charge is 0.461 e. The molecule has 0 amide bonds. The molecule has 10 nitrogen and oxygen atoms in total. The van der Waals surface area contributed by atoms with Gasteiger partial charge in [0.2, 0.25) is 0 Å². The van der Waals surface area contributed by atoms with E-state index >= 15 is 0 Å². The first-order valence-electron chi connectivity index (χ1n) is 15.9. The first-order valence-corrected chi connectivity index (χ1v) is 15.9. The maximum absolute atomic E-state index is 14.8. The lowest BCUT2D eigenvalue weighted by molar-refractivity contribution is -0.137. The molecule has 0 saturated carbocycles. The van der Waals surface area contributed by atoms with Gasteiger partial charge < -0.3 is 15.0 Å². The average molecular weight is 636 g/mol. The van der Waals surface area contributed by atoms with Crippen molar-refractivity contribution in [3.8, 4) is 17.1 Å². The summed E-state index contributed by atoms with van der Waals surface area (Å²) in [5.41, 5.74) is 1.20. The molecule has 4 saturated heterocycles. The summed E-state index contributed by atoms with van der Waals surface area (Å²) in [6.07, 6.45) is 3.46. The molecule has 0 unspecified atom stereocenters. The molecule has 5 aromatic rings. The number of benzene rings is 1. The Balaban J connectivity index is 1.27. The number of imidazole rings is 1. The first-order chi connectivity index (χ1) is 22.2. The van der Waals surface area contributed by atoms with Gasteiger partial charge in [-0.25, -0.2) is 9.37 Å². The van der Waals surface area contributed by atoms with Crippen molar-refractivity contribution in [3.63, 3.8) is 0 Å². The van der Waals surface area contributed by atoms with E-state index in [0.29, 0.717) is 46.4 Å². The summed E-state index contributed by atoms with van der Waals surface area (Å²) in [5, 5.41) is 10.8. The van der Waals surface area contributed by atoms with E-state index in [1.807, 2.05) is 4.40 Å². The van der Waals surface area contributed by atoms with Crippen LogP contribution in [0.1, 0.15) is 43.2 Å². The van der Waals surface area contributed by atoms with Gasteiger partial charge in [0.15, 0.2) is 5.82 Å². The molecule has 0 spiro atoms. The van der Waals surface area contributed by atoms with Gasteiger partial charge in [-0.05, 0) is 56.8 Å². The zero-order valence-electron chi connectivity index (χ0n) is 25.2. The number of nitrogens with zero attached hydrogens (tertiary/aromatic N) is 7. The quantitative estimate of drug-likeness (QED) is 0.259. The molecule has 0 aliphatic carbocycles. The molecule has 2 N–H and O–H groups in total. The number of fused-ring (bicyclic) bond motifs is 7. The number of alkyl halides is 4. The number of aryl methyl sites for hydroxylation is 1. The van der Waals surface area contributed by atoms with E-state index in [-0.39, 0.29) is 41.4 Å². The standard InChI is InChI=1S/C32H33F4N9O/c1-17-9-23-22(14-39-42-23)25(26(17)32(34,35)36)21-10-24-27(44-8-6-38-28(21)44)29(45-19-3-4-20(45)13-37-12-19)41-30(40-24)46-16-31-5-2-7-43(31)15-18(33)11-31/h6,8-10,14,18-20,37H,2-5,7,11-13,15-16H2,1H3,(H,39,42)/t18-,19-,20+,31+/m1/s1. The van der Waals surface area contributed by atoms with Crippen molar-refractivity contribution < 1.29 is 22.3 Å². The van der Waals surface area contributed by atoms with Gasteiger partial charge in [0.25, 0.3) is 0 Å². The maximum Gasteiger partial charge on any atom is 0.417 e. The number of aromatic amines is 1. The van der Waals surface area contributed by atoms with Crippen molar-refractivity contribution >= 4 is 33.4 Å². The third-order valence-electron chi connectivity index (χ3n) is 10.6. The van der Waals surface area contributed by atoms with Crippen LogP contribution in [0.2, 0.25) is 0 Å². The molecule has 0 radical (unpaired) electrons. The van der Waals surface area contributed by atoms with Crippen LogP contribution in [0, 0.1) is 6.92 Å². The van der Waals surface area contributed by atoms with Crippen LogP contribution in [0.15, 0.2) is 30.7 Å². The Hall–Kier alpha value is -4.04. The van der Waals surface area contributed by atoms with Gasteiger partial charge in [-0.2, -0.15) is 28.2 Å². The van der Waals surface area contributed by atoms with Crippen LogP contribution in [-0.2, 0) is 6.18 Å². The van der Waals surface area contributed by atoms with E-state index < -0.39 is 23.5 Å². The number of rotatable bonds is 5. The van der Waals surface area contributed by atoms with Gasteiger partial charge in [-0.1, -0.05) is 0 Å². The maximum atomic E-state index is 14.8. The Morgan fingerprint density at radius 1 is 1.13 bits per heavy atom. The van der Waals surface area contributed by atoms with E-state index in [4.69, 9.17) is 14.7 Å². The molecule has 4 fully saturated rings. The van der Waals surface area contributed by atoms with Gasteiger partial charge in [0, 0.05) is 67.0 Å². The predicted molar refractivity (Wildman–Crippen MR) is 164 cm³/mol. The van der Waals surface area contributed by atoms with Gasteiger partial charge in [0.05, 0.1) is 28.3 Å². The highest BCUT2D eigenvalue weighted by Crippen LogP contribution is 2.46. The van der Waals surface area contributed by atoms with Crippen molar-refractivity contribution in [2.24, 2.45) is 0 Å². The number of pyridine rings is 1.